The fourth-order valence-electron chi connectivity index (χ4n) is 3.26. The Morgan fingerprint density at radius 2 is 2.04 bits per heavy atom. The van der Waals surface area contributed by atoms with E-state index in [0.29, 0.717) is 11.8 Å². The number of thioether (sulfide) groups is 1. The molecule has 0 atom stereocenters. The van der Waals surface area contributed by atoms with Gasteiger partial charge in [0.2, 0.25) is 0 Å². The molecule has 0 amide bonds. The lowest BCUT2D eigenvalue weighted by Gasteiger charge is -2.11. The minimum Gasteiger partial charge on any atom is -0.298 e. The van der Waals surface area contributed by atoms with Gasteiger partial charge in [-0.25, -0.2) is 0 Å². The molecule has 4 nitrogen and oxygen atoms in total. The summed E-state index contributed by atoms with van der Waals surface area (Å²) < 4.78 is 2.29. The van der Waals surface area contributed by atoms with Gasteiger partial charge in [-0.05, 0) is 42.8 Å². The molecule has 0 radical (unpaired) electrons. The van der Waals surface area contributed by atoms with E-state index in [1.54, 1.807) is 23.1 Å². The number of hydrogen-bond acceptors (Lipinski definition) is 5. The molecule has 0 spiro atoms. The molecule has 0 N–H and O–H groups in total. The molecule has 7 heteroatoms. The number of fused-ring (bicyclic) bond motifs is 1. The smallest absolute Gasteiger partial charge is 0.192 e. The van der Waals surface area contributed by atoms with Crippen LogP contribution in [0.1, 0.15) is 30.1 Å². The Morgan fingerprint density at radius 1 is 1.19 bits per heavy atom. The van der Waals surface area contributed by atoms with Gasteiger partial charge in [-0.3, -0.25) is 9.55 Å². The first kappa shape index (κ1) is 17.2. The van der Waals surface area contributed by atoms with Crippen LogP contribution in [0, 0.1) is 6.92 Å². The Bertz CT molecular complexity index is 1120. The predicted molar refractivity (Wildman–Crippen MR) is 113 cm³/mol. The van der Waals surface area contributed by atoms with Crippen molar-refractivity contribution >= 4 is 45.6 Å². The fraction of sp³-hybridized carbons (Fsp3) is 0.250. The summed E-state index contributed by atoms with van der Waals surface area (Å²) in [5, 5.41) is 13.8. The molecule has 0 saturated heterocycles. The first-order valence-corrected chi connectivity index (χ1v) is 11.1. The lowest BCUT2D eigenvalue weighted by atomic mass is 10.1. The molecule has 27 heavy (non-hydrogen) atoms. The molecule has 1 aromatic carbocycles. The summed E-state index contributed by atoms with van der Waals surface area (Å²) >= 11 is 9.99. The van der Waals surface area contributed by atoms with Crippen molar-refractivity contribution in [3.8, 4) is 10.7 Å². The van der Waals surface area contributed by atoms with E-state index in [4.69, 9.17) is 16.6 Å². The summed E-state index contributed by atoms with van der Waals surface area (Å²) in [6.07, 6.45) is 2.39. The molecule has 0 unspecified atom stereocenters. The van der Waals surface area contributed by atoms with Gasteiger partial charge in [0.05, 0.1) is 21.1 Å². The average Bonchev–Trinajstić information content (AvgIpc) is 3.21. The molecule has 1 aliphatic rings. The van der Waals surface area contributed by atoms with Crippen LogP contribution >= 0.6 is 34.7 Å². The van der Waals surface area contributed by atoms with E-state index in [-0.39, 0.29) is 0 Å². The Hall–Kier alpha value is -1.89. The average molecular weight is 413 g/mol. The van der Waals surface area contributed by atoms with Crippen LogP contribution in [0.25, 0.3) is 21.6 Å². The quantitative estimate of drug-likeness (QED) is 0.369. The van der Waals surface area contributed by atoms with Crippen molar-refractivity contribution in [2.75, 3.05) is 0 Å². The number of aromatic nitrogens is 4. The van der Waals surface area contributed by atoms with Crippen molar-refractivity contribution in [2.24, 2.45) is 0 Å². The Morgan fingerprint density at radius 3 is 2.81 bits per heavy atom. The van der Waals surface area contributed by atoms with Gasteiger partial charge in [0, 0.05) is 17.2 Å². The molecule has 0 bridgehead atoms. The number of pyridine rings is 1. The number of thiophene rings is 1. The second kappa shape index (κ2) is 6.93. The third-order valence-electron chi connectivity index (χ3n) is 4.80. The zero-order chi connectivity index (χ0) is 18.4. The number of benzene rings is 1. The highest BCUT2D eigenvalue weighted by Gasteiger charge is 2.30. The number of hydrogen-bond donors (Lipinski definition) is 0. The van der Waals surface area contributed by atoms with Crippen LogP contribution in [0.15, 0.2) is 46.9 Å². The second-order valence-electron chi connectivity index (χ2n) is 6.69. The van der Waals surface area contributed by atoms with E-state index in [1.165, 1.54) is 17.7 Å². The van der Waals surface area contributed by atoms with Gasteiger partial charge in [-0.1, -0.05) is 47.6 Å². The Kier molecular flexibility index (Phi) is 4.42. The molecule has 3 heterocycles. The molecule has 136 valence electrons. The van der Waals surface area contributed by atoms with E-state index >= 15 is 0 Å². The summed E-state index contributed by atoms with van der Waals surface area (Å²) in [4.78, 5) is 5.96. The maximum Gasteiger partial charge on any atom is 0.192 e. The third kappa shape index (κ3) is 3.16. The van der Waals surface area contributed by atoms with Crippen LogP contribution in [-0.4, -0.2) is 19.7 Å². The predicted octanol–water partition coefficient (Wildman–Crippen LogP) is 6.14. The first-order chi connectivity index (χ1) is 13.2. The van der Waals surface area contributed by atoms with Crippen molar-refractivity contribution in [3.05, 3.63) is 58.1 Å². The monoisotopic (exact) mass is 412 g/mol. The number of halogens is 1. The van der Waals surface area contributed by atoms with Gasteiger partial charge in [-0.2, -0.15) is 0 Å². The van der Waals surface area contributed by atoms with Crippen molar-refractivity contribution in [2.45, 2.75) is 36.7 Å². The van der Waals surface area contributed by atoms with Gasteiger partial charge in [0.25, 0.3) is 0 Å². The highest BCUT2D eigenvalue weighted by atomic mass is 35.5. The molecule has 0 aliphatic heterocycles. The highest BCUT2D eigenvalue weighted by molar-refractivity contribution is 7.98. The van der Waals surface area contributed by atoms with Gasteiger partial charge in [0.15, 0.2) is 11.0 Å². The zero-order valence-corrected chi connectivity index (χ0v) is 17.1. The lowest BCUT2D eigenvalue weighted by molar-refractivity contribution is 0.670. The SMILES string of the molecule is Cc1c(Cl)c(CSc2nnc(-c3cccs3)n2C2CC2)nc2ccccc12. The van der Waals surface area contributed by atoms with Gasteiger partial charge >= 0.3 is 0 Å². The van der Waals surface area contributed by atoms with Crippen molar-refractivity contribution < 1.29 is 0 Å². The minimum atomic E-state index is 0.515. The number of para-hydroxylation sites is 1. The second-order valence-corrected chi connectivity index (χ2v) is 8.96. The number of nitrogens with zero attached hydrogens (tertiary/aromatic N) is 4. The molecule has 1 fully saturated rings. The molecular formula is C20H17ClN4S2. The van der Waals surface area contributed by atoms with E-state index in [9.17, 15) is 0 Å². The van der Waals surface area contributed by atoms with Gasteiger partial charge < -0.3 is 0 Å². The topological polar surface area (TPSA) is 43.6 Å². The van der Waals surface area contributed by atoms with Crippen molar-refractivity contribution in [1.82, 2.24) is 19.7 Å². The Balaban J connectivity index is 1.47. The van der Waals surface area contributed by atoms with E-state index in [1.807, 2.05) is 18.2 Å². The maximum atomic E-state index is 6.62. The third-order valence-corrected chi connectivity index (χ3v) is 7.12. The summed E-state index contributed by atoms with van der Waals surface area (Å²) in [6.45, 7) is 2.06. The van der Waals surface area contributed by atoms with Gasteiger partial charge in [-0.15, -0.1) is 21.5 Å². The largest absolute Gasteiger partial charge is 0.298 e. The normalized spacial score (nSPS) is 14.1. The summed E-state index contributed by atoms with van der Waals surface area (Å²) in [5.41, 5.74) is 2.97. The maximum absolute atomic E-state index is 6.62. The van der Waals surface area contributed by atoms with Crippen LogP contribution < -0.4 is 0 Å². The van der Waals surface area contributed by atoms with E-state index < -0.39 is 0 Å². The van der Waals surface area contributed by atoms with Crippen molar-refractivity contribution in [3.63, 3.8) is 0 Å². The summed E-state index contributed by atoms with van der Waals surface area (Å²) in [5.74, 6) is 1.66. The Labute approximate surface area is 170 Å². The lowest BCUT2D eigenvalue weighted by Crippen LogP contribution is -2.00. The van der Waals surface area contributed by atoms with Crippen LogP contribution in [-0.2, 0) is 5.75 Å². The molecule has 5 rings (SSSR count). The summed E-state index contributed by atoms with van der Waals surface area (Å²) in [7, 11) is 0. The van der Waals surface area contributed by atoms with Crippen LogP contribution in [0.2, 0.25) is 5.02 Å². The zero-order valence-electron chi connectivity index (χ0n) is 14.7. The fourth-order valence-corrected chi connectivity index (χ4v) is 5.20. The molecule has 1 aliphatic carbocycles. The molecule has 1 saturated carbocycles. The van der Waals surface area contributed by atoms with Crippen LogP contribution in [0.4, 0.5) is 0 Å². The van der Waals surface area contributed by atoms with Crippen molar-refractivity contribution in [1.29, 1.82) is 0 Å². The van der Waals surface area contributed by atoms with Crippen LogP contribution in [0.3, 0.4) is 0 Å². The van der Waals surface area contributed by atoms with Crippen LogP contribution in [0.5, 0.6) is 0 Å². The van der Waals surface area contributed by atoms with E-state index in [2.05, 4.69) is 45.3 Å². The molecule has 3 aromatic heterocycles. The number of rotatable bonds is 5. The molecule has 4 aromatic rings. The highest BCUT2D eigenvalue weighted by Crippen LogP contribution is 2.42. The standard InChI is InChI=1S/C20H17ClN4S2/c1-12-14-5-2-3-6-15(14)22-16(18(12)21)11-27-20-24-23-19(17-7-4-10-26-17)25(20)13-8-9-13/h2-7,10,13H,8-9,11H2,1H3. The summed E-state index contributed by atoms with van der Waals surface area (Å²) in [6, 6.07) is 12.8. The van der Waals surface area contributed by atoms with Gasteiger partial charge in [0.1, 0.15) is 0 Å². The molecular weight excluding hydrogens is 396 g/mol. The first-order valence-electron chi connectivity index (χ1n) is 8.87. The van der Waals surface area contributed by atoms with E-state index in [0.717, 1.165) is 38.2 Å². The number of aryl methyl sites for hydroxylation is 1. The minimum absolute atomic E-state index is 0.515.